The first-order valence-corrected chi connectivity index (χ1v) is 7.80. The molecule has 2 aliphatic heterocycles. The van der Waals surface area contributed by atoms with Crippen LogP contribution in [0.5, 0.6) is 0 Å². The van der Waals surface area contributed by atoms with E-state index in [1.165, 1.54) is 0 Å². The number of carbonyl (C=O) groups is 1. The molecule has 1 amide bonds. The number of nitrogens with zero attached hydrogens (tertiary/aromatic N) is 1. The molecule has 1 N–H and O–H groups in total. The van der Waals surface area contributed by atoms with E-state index in [4.69, 9.17) is 4.74 Å². The SMILES string of the molecule is Cc1cccc(C(=O)N2CCC[C@@H]2[C@H]2COCC[C@H]2O)c1. The Morgan fingerprint density at radius 3 is 3.00 bits per heavy atom. The average Bonchev–Trinajstić information content (AvgIpc) is 2.96. The number of aryl methyl sites for hydroxylation is 1. The van der Waals surface area contributed by atoms with E-state index in [0.717, 1.165) is 30.5 Å². The van der Waals surface area contributed by atoms with Crippen molar-refractivity contribution in [2.75, 3.05) is 19.8 Å². The molecule has 2 heterocycles. The molecule has 3 rings (SSSR count). The highest BCUT2D eigenvalue weighted by molar-refractivity contribution is 5.94. The maximum Gasteiger partial charge on any atom is 0.254 e. The minimum Gasteiger partial charge on any atom is -0.393 e. The van der Waals surface area contributed by atoms with Gasteiger partial charge in [-0.1, -0.05) is 17.7 Å². The van der Waals surface area contributed by atoms with E-state index < -0.39 is 0 Å². The molecule has 1 aromatic carbocycles. The van der Waals surface area contributed by atoms with Gasteiger partial charge < -0.3 is 14.7 Å². The highest BCUT2D eigenvalue weighted by Crippen LogP contribution is 2.31. The van der Waals surface area contributed by atoms with Crippen LogP contribution in [0.4, 0.5) is 0 Å². The molecule has 4 nitrogen and oxygen atoms in total. The highest BCUT2D eigenvalue weighted by Gasteiger charge is 2.39. The van der Waals surface area contributed by atoms with Crippen LogP contribution in [-0.2, 0) is 4.74 Å². The van der Waals surface area contributed by atoms with Crippen molar-refractivity contribution in [2.24, 2.45) is 5.92 Å². The smallest absolute Gasteiger partial charge is 0.254 e. The predicted octanol–water partition coefficient (Wildman–Crippen LogP) is 2.00. The first-order valence-electron chi connectivity index (χ1n) is 7.80. The summed E-state index contributed by atoms with van der Waals surface area (Å²) in [4.78, 5) is 14.7. The maximum atomic E-state index is 12.8. The summed E-state index contributed by atoms with van der Waals surface area (Å²) in [6.45, 7) is 3.96. The van der Waals surface area contributed by atoms with E-state index >= 15 is 0 Å². The number of likely N-dealkylation sites (tertiary alicyclic amines) is 1. The van der Waals surface area contributed by atoms with Crippen molar-refractivity contribution in [3.63, 3.8) is 0 Å². The third kappa shape index (κ3) is 2.97. The molecule has 0 aromatic heterocycles. The molecule has 3 atom stereocenters. The quantitative estimate of drug-likeness (QED) is 0.906. The lowest BCUT2D eigenvalue weighted by molar-refractivity contribution is -0.0589. The van der Waals surface area contributed by atoms with Crippen molar-refractivity contribution >= 4 is 5.91 Å². The molecule has 2 saturated heterocycles. The van der Waals surface area contributed by atoms with Gasteiger partial charge in [0, 0.05) is 30.7 Å². The zero-order valence-electron chi connectivity index (χ0n) is 12.5. The molecule has 114 valence electrons. The first kappa shape index (κ1) is 14.5. The second-order valence-electron chi connectivity index (χ2n) is 6.17. The number of aliphatic hydroxyl groups is 1. The summed E-state index contributed by atoms with van der Waals surface area (Å²) in [7, 11) is 0. The van der Waals surface area contributed by atoms with Crippen molar-refractivity contribution in [1.82, 2.24) is 4.90 Å². The van der Waals surface area contributed by atoms with Crippen LogP contribution in [0.2, 0.25) is 0 Å². The fourth-order valence-electron chi connectivity index (χ4n) is 3.55. The molecule has 21 heavy (non-hydrogen) atoms. The van der Waals surface area contributed by atoms with Crippen molar-refractivity contribution in [3.8, 4) is 0 Å². The standard InChI is InChI=1S/C17H23NO3/c1-12-4-2-5-13(10-12)17(20)18-8-3-6-15(18)14-11-21-9-7-16(14)19/h2,4-5,10,14-16,19H,3,6-9,11H2,1H3/t14-,15-,16-/m1/s1. The fraction of sp³-hybridized carbons (Fsp3) is 0.588. The second-order valence-corrected chi connectivity index (χ2v) is 6.17. The number of hydrogen-bond donors (Lipinski definition) is 1. The zero-order chi connectivity index (χ0) is 14.8. The Morgan fingerprint density at radius 2 is 2.24 bits per heavy atom. The van der Waals surface area contributed by atoms with Crippen LogP contribution < -0.4 is 0 Å². The molecular weight excluding hydrogens is 266 g/mol. The predicted molar refractivity (Wildman–Crippen MR) is 80.2 cm³/mol. The maximum absolute atomic E-state index is 12.8. The normalized spacial score (nSPS) is 29.6. The highest BCUT2D eigenvalue weighted by atomic mass is 16.5. The van der Waals surface area contributed by atoms with Gasteiger partial charge in [0.15, 0.2) is 0 Å². The Labute approximate surface area is 125 Å². The molecule has 1 aromatic rings. The van der Waals surface area contributed by atoms with Gasteiger partial charge in [-0.3, -0.25) is 4.79 Å². The molecular formula is C17H23NO3. The third-order valence-corrected chi connectivity index (χ3v) is 4.68. The van der Waals surface area contributed by atoms with Gasteiger partial charge >= 0.3 is 0 Å². The molecule has 0 unspecified atom stereocenters. The van der Waals surface area contributed by atoms with Crippen LogP contribution in [0.3, 0.4) is 0 Å². The molecule has 0 aliphatic carbocycles. The first-order chi connectivity index (χ1) is 10.2. The van der Waals surface area contributed by atoms with E-state index in [2.05, 4.69) is 0 Å². The number of ether oxygens (including phenoxy) is 1. The van der Waals surface area contributed by atoms with Gasteiger partial charge in [-0.05, 0) is 38.3 Å². The molecule has 0 spiro atoms. The summed E-state index contributed by atoms with van der Waals surface area (Å²) in [5.41, 5.74) is 1.84. The Hall–Kier alpha value is -1.39. The van der Waals surface area contributed by atoms with Crippen LogP contribution in [0.25, 0.3) is 0 Å². The number of rotatable bonds is 2. The molecule has 0 saturated carbocycles. The van der Waals surface area contributed by atoms with E-state index in [9.17, 15) is 9.90 Å². The molecule has 2 aliphatic rings. The van der Waals surface area contributed by atoms with Crippen molar-refractivity contribution in [3.05, 3.63) is 35.4 Å². The Kier molecular flexibility index (Phi) is 4.27. The van der Waals surface area contributed by atoms with Crippen LogP contribution in [0, 0.1) is 12.8 Å². The van der Waals surface area contributed by atoms with Gasteiger partial charge in [-0.25, -0.2) is 0 Å². The van der Waals surface area contributed by atoms with Crippen LogP contribution in [0.15, 0.2) is 24.3 Å². The van der Waals surface area contributed by atoms with Gasteiger partial charge in [0.1, 0.15) is 0 Å². The number of carbonyl (C=O) groups excluding carboxylic acids is 1. The molecule has 2 fully saturated rings. The van der Waals surface area contributed by atoms with E-state index in [1.807, 2.05) is 36.1 Å². The molecule has 0 radical (unpaired) electrons. The van der Waals surface area contributed by atoms with E-state index in [-0.39, 0.29) is 24.0 Å². The summed E-state index contributed by atoms with van der Waals surface area (Å²) < 4.78 is 5.52. The van der Waals surface area contributed by atoms with Crippen molar-refractivity contribution in [2.45, 2.75) is 38.3 Å². The lowest BCUT2D eigenvalue weighted by atomic mass is 9.89. The lowest BCUT2D eigenvalue weighted by Gasteiger charge is -2.37. The number of hydrogen-bond acceptors (Lipinski definition) is 3. The molecule has 0 bridgehead atoms. The van der Waals surface area contributed by atoms with Gasteiger partial charge in [-0.2, -0.15) is 0 Å². The number of aliphatic hydroxyl groups excluding tert-OH is 1. The average molecular weight is 289 g/mol. The van der Waals surface area contributed by atoms with Crippen LogP contribution in [0.1, 0.15) is 35.2 Å². The summed E-state index contributed by atoms with van der Waals surface area (Å²) >= 11 is 0. The summed E-state index contributed by atoms with van der Waals surface area (Å²) in [6.07, 6.45) is 2.29. The Bertz CT molecular complexity index is 517. The zero-order valence-corrected chi connectivity index (χ0v) is 12.5. The van der Waals surface area contributed by atoms with Gasteiger partial charge in [0.25, 0.3) is 5.91 Å². The second kappa shape index (κ2) is 6.16. The van der Waals surface area contributed by atoms with Gasteiger partial charge in [0.2, 0.25) is 0 Å². The van der Waals surface area contributed by atoms with Crippen molar-refractivity contribution < 1.29 is 14.6 Å². The lowest BCUT2D eigenvalue weighted by Crippen LogP contribution is -2.48. The monoisotopic (exact) mass is 289 g/mol. The minimum atomic E-state index is -0.352. The van der Waals surface area contributed by atoms with Crippen molar-refractivity contribution in [1.29, 1.82) is 0 Å². The number of benzene rings is 1. The van der Waals surface area contributed by atoms with E-state index in [1.54, 1.807) is 0 Å². The van der Waals surface area contributed by atoms with Gasteiger partial charge in [0.05, 0.1) is 12.7 Å². The fourth-order valence-corrected chi connectivity index (χ4v) is 3.55. The Balaban J connectivity index is 1.78. The summed E-state index contributed by atoms with van der Waals surface area (Å²) in [5.74, 6) is 0.133. The topological polar surface area (TPSA) is 49.8 Å². The number of amides is 1. The largest absolute Gasteiger partial charge is 0.393 e. The van der Waals surface area contributed by atoms with E-state index in [0.29, 0.717) is 19.6 Å². The van der Waals surface area contributed by atoms with Crippen LogP contribution in [-0.4, -0.2) is 47.8 Å². The summed E-state index contributed by atoms with van der Waals surface area (Å²) in [5, 5.41) is 10.2. The molecule has 4 heteroatoms. The third-order valence-electron chi connectivity index (χ3n) is 4.68. The summed E-state index contributed by atoms with van der Waals surface area (Å²) in [6, 6.07) is 7.83. The van der Waals surface area contributed by atoms with Crippen LogP contribution >= 0.6 is 0 Å². The van der Waals surface area contributed by atoms with Gasteiger partial charge in [-0.15, -0.1) is 0 Å². The minimum absolute atomic E-state index is 0.0509. The Morgan fingerprint density at radius 1 is 1.38 bits per heavy atom.